The van der Waals surface area contributed by atoms with Gasteiger partial charge in [-0.1, -0.05) is 31.1 Å². The summed E-state index contributed by atoms with van der Waals surface area (Å²) in [6, 6.07) is 7.75. The molecule has 6 heteroatoms. The molecule has 0 saturated carbocycles. The van der Waals surface area contributed by atoms with Crippen molar-refractivity contribution in [3.8, 4) is 0 Å². The van der Waals surface area contributed by atoms with E-state index in [1.165, 1.54) is 0 Å². The lowest BCUT2D eigenvalue weighted by atomic mass is 10.2. The van der Waals surface area contributed by atoms with Crippen LogP contribution in [-0.2, 0) is 13.1 Å². The first-order valence-electron chi connectivity index (χ1n) is 7.12. The van der Waals surface area contributed by atoms with Gasteiger partial charge in [0.15, 0.2) is 5.82 Å². The predicted molar refractivity (Wildman–Crippen MR) is 79.4 cm³/mol. The Morgan fingerprint density at radius 3 is 2.43 bits per heavy atom. The second-order valence-corrected chi connectivity index (χ2v) is 5.31. The van der Waals surface area contributed by atoms with Gasteiger partial charge >= 0.3 is 5.69 Å². The number of aromatic nitrogens is 4. The van der Waals surface area contributed by atoms with Crippen LogP contribution in [0.4, 0.5) is 0 Å². The van der Waals surface area contributed by atoms with Gasteiger partial charge in [-0.2, -0.15) is 4.98 Å². The lowest BCUT2D eigenvalue weighted by Gasteiger charge is -1.98. The normalized spacial score (nSPS) is 11.6. The minimum atomic E-state index is -0.0467. The van der Waals surface area contributed by atoms with Gasteiger partial charge in [-0.25, -0.2) is 4.79 Å². The smallest absolute Gasteiger partial charge is 0.329 e. The number of hydrogen-bond acceptors (Lipinski definition) is 4. The molecule has 0 aliphatic carbocycles. The van der Waals surface area contributed by atoms with Crippen LogP contribution in [0.3, 0.4) is 0 Å². The molecule has 0 atom stereocenters. The molecule has 3 rings (SSSR count). The zero-order valence-corrected chi connectivity index (χ0v) is 12.4. The molecule has 0 saturated heterocycles. The molecule has 0 unspecified atom stereocenters. The Hall–Kier alpha value is -2.37. The molecule has 0 spiro atoms. The van der Waals surface area contributed by atoms with Crippen molar-refractivity contribution < 1.29 is 4.52 Å². The highest BCUT2D eigenvalue weighted by Gasteiger charge is 2.15. The standard InChI is InChI=1S/C15H18N4O2/c1-4-18-11-7-5-6-8-12(11)19(15(18)20)9-13-16-14(10(2)3)21-17-13/h5-8,10H,4,9H2,1-3H3. The average molecular weight is 286 g/mol. The molecule has 0 bridgehead atoms. The first-order chi connectivity index (χ1) is 10.1. The molecule has 0 aliphatic heterocycles. The summed E-state index contributed by atoms with van der Waals surface area (Å²) in [5.41, 5.74) is 1.77. The Balaban J connectivity index is 2.07. The highest BCUT2D eigenvalue weighted by Crippen LogP contribution is 2.15. The van der Waals surface area contributed by atoms with Gasteiger partial charge in [0.2, 0.25) is 5.89 Å². The summed E-state index contributed by atoms with van der Waals surface area (Å²) in [4.78, 5) is 16.8. The number of nitrogens with zero attached hydrogens (tertiary/aromatic N) is 4. The van der Waals surface area contributed by atoms with Gasteiger partial charge in [0.1, 0.15) is 0 Å². The van der Waals surface area contributed by atoms with E-state index in [9.17, 15) is 4.79 Å². The molecule has 6 nitrogen and oxygen atoms in total. The van der Waals surface area contributed by atoms with Crippen LogP contribution >= 0.6 is 0 Å². The Kier molecular flexibility index (Phi) is 3.37. The second kappa shape index (κ2) is 5.20. The van der Waals surface area contributed by atoms with Gasteiger partial charge in [-0.3, -0.25) is 9.13 Å². The third kappa shape index (κ3) is 2.26. The second-order valence-electron chi connectivity index (χ2n) is 5.31. The number of para-hydroxylation sites is 2. The maximum Gasteiger partial charge on any atom is 0.329 e. The topological polar surface area (TPSA) is 65.8 Å². The molecule has 2 heterocycles. The molecule has 21 heavy (non-hydrogen) atoms. The lowest BCUT2D eigenvalue weighted by molar-refractivity contribution is 0.360. The third-order valence-electron chi connectivity index (χ3n) is 3.52. The van der Waals surface area contributed by atoms with Gasteiger partial charge < -0.3 is 4.52 Å². The summed E-state index contributed by atoms with van der Waals surface area (Å²) in [7, 11) is 0. The fourth-order valence-corrected chi connectivity index (χ4v) is 2.44. The zero-order valence-electron chi connectivity index (χ0n) is 12.4. The minimum Gasteiger partial charge on any atom is -0.339 e. The van der Waals surface area contributed by atoms with Crippen molar-refractivity contribution in [2.75, 3.05) is 0 Å². The third-order valence-corrected chi connectivity index (χ3v) is 3.52. The molecule has 0 aliphatic rings. The number of rotatable bonds is 4. The maximum atomic E-state index is 12.5. The SMILES string of the molecule is CCn1c(=O)n(Cc2noc(C(C)C)n2)c2ccccc21. The summed E-state index contributed by atoms with van der Waals surface area (Å²) in [6.45, 7) is 6.90. The van der Waals surface area contributed by atoms with Crippen molar-refractivity contribution in [2.45, 2.75) is 39.8 Å². The van der Waals surface area contributed by atoms with Crippen LogP contribution in [-0.4, -0.2) is 19.3 Å². The van der Waals surface area contributed by atoms with E-state index in [-0.39, 0.29) is 11.6 Å². The summed E-state index contributed by atoms with van der Waals surface area (Å²) in [5, 5.41) is 3.96. The summed E-state index contributed by atoms with van der Waals surface area (Å²) >= 11 is 0. The van der Waals surface area contributed by atoms with E-state index < -0.39 is 0 Å². The highest BCUT2D eigenvalue weighted by molar-refractivity contribution is 5.76. The number of benzene rings is 1. The Labute approximate surface area is 122 Å². The van der Waals surface area contributed by atoms with E-state index in [1.54, 1.807) is 9.13 Å². The first-order valence-corrected chi connectivity index (χ1v) is 7.12. The Morgan fingerprint density at radius 1 is 1.19 bits per heavy atom. The monoisotopic (exact) mass is 286 g/mol. The molecule has 1 aromatic carbocycles. The fraction of sp³-hybridized carbons (Fsp3) is 0.400. The van der Waals surface area contributed by atoms with Crippen LogP contribution in [0.5, 0.6) is 0 Å². The van der Waals surface area contributed by atoms with Gasteiger partial charge in [-0.05, 0) is 19.1 Å². The fourth-order valence-electron chi connectivity index (χ4n) is 2.44. The Morgan fingerprint density at radius 2 is 1.86 bits per heavy atom. The van der Waals surface area contributed by atoms with Gasteiger partial charge in [0, 0.05) is 12.5 Å². The van der Waals surface area contributed by atoms with Crippen molar-refractivity contribution in [1.82, 2.24) is 19.3 Å². The van der Waals surface area contributed by atoms with E-state index >= 15 is 0 Å². The van der Waals surface area contributed by atoms with Crippen molar-refractivity contribution in [3.05, 3.63) is 46.5 Å². The Bertz CT molecular complexity index is 826. The van der Waals surface area contributed by atoms with Crippen LogP contribution in [0.1, 0.15) is 38.4 Å². The zero-order chi connectivity index (χ0) is 15.0. The van der Waals surface area contributed by atoms with E-state index in [0.717, 1.165) is 11.0 Å². The predicted octanol–water partition coefficient (Wildman–Crippen LogP) is 2.38. The van der Waals surface area contributed by atoms with Crippen LogP contribution in [0.25, 0.3) is 11.0 Å². The van der Waals surface area contributed by atoms with Crippen LogP contribution < -0.4 is 5.69 Å². The van der Waals surface area contributed by atoms with Crippen molar-refractivity contribution in [2.24, 2.45) is 0 Å². The molecule has 0 fully saturated rings. The molecular weight excluding hydrogens is 268 g/mol. The average Bonchev–Trinajstić information content (AvgIpc) is 3.04. The molecule has 2 aromatic heterocycles. The minimum absolute atomic E-state index is 0.0467. The quantitative estimate of drug-likeness (QED) is 0.738. The molecular formula is C15H18N4O2. The van der Waals surface area contributed by atoms with E-state index in [2.05, 4.69) is 10.1 Å². The van der Waals surface area contributed by atoms with Gasteiger partial charge in [0.05, 0.1) is 17.6 Å². The first kappa shape index (κ1) is 13.6. The molecule has 110 valence electrons. The number of hydrogen-bond donors (Lipinski definition) is 0. The molecule has 0 radical (unpaired) electrons. The molecule has 0 N–H and O–H groups in total. The number of fused-ring (bicyclic) bond motifs is 1. The van der Waals surface area contributed by atoms with Crippen LogP contribution in [0, 0.1) is 0 Å². The summed E-state index contributed by atoms with van der Waals surface area (Å²) in [5.74, 6) is 1.30. The van der Waals surface area contributed by atoms with Crippen molar-refractivity contribution >= 4 is 11.0 Å². The number of aryl methyl sites for hydroxylation is 1. The van der Waals surface area contributed by atoms with Crippen molar-refractivity contribution in [1.29, 1.82) is 0 Å². The van der Waals surface area contributed by atoms with E-state index in [1.807, 2.05) is 45.0 Å². The number of imidazole rings is 1. The lowest BCUT2D eigenvalue weighted by Crippen LogP contribution is -2.24. The van der Waals surface area contributed by atoms with E-state index in [4.69, 9.17) is 4.52 Å². The van der Waals surface area contributed by atoms with Crippen molar-refractivity contribution in [3.63, 3.8) is 0 Å². The summed E-state index contributed by atoms with van der Waals surface area (Å²) in [6.07, 6.45) is 0. The van der Waals surface area contributed by atoms with Crippen LogP contribution in [0.2, 0.25) is 0 Å². The molecule has 0 amide bonds. The van der Waals surface area contributed by atoms with Gasteiger partial charge in [0.25, 0.3) is 0 Å². The van der Waals surface area contributed by atoms with E-state index in [0.29, 0.717) is 24.8 Å². The largest absolute Gasteiger partial charge is 0.339 e. The maximum absolute atomic E-state index is 12.5. The highest BCUT2D eigenvalue weighted by atomic mass is 16.5. The summed E-state index contributed by atoms with van der Waals surface area (Å²) < 4.78 is 8.64. The van der Waals surface area contributed by atoms with Gasteiger partial charge in [-0.15, -0.1) is 0 Å². The molecule has 3 aromatic rings. The van der Waals surface area contributed by atoms with Crippen LogP contribution in [0.15, 0.2) is 33.6 Å².